The maximum Gasteiger partial charge on any atom is 0.255 e. The lowest BCUT2D eigenvalue weighted by Gasteiger charge is -2.50. The predicted octanol–water partition coefficient (Wildman–Crippen LogP) is 1.59. The van der Waals surface area contributed by atoms with E-state index in [2.05, 4.69) is 18.7 Å². The Morgan fingerprint density at radius 3 is 2.40 bits per heavy atom. The van der Waals surface area contributed by atoms with Crippen LogP contribution < -0.4 is 10.5 Å². The summed E-state index contributed by atoms with van der Waals surface area (Å²) < 4.78 is 5.81. The highest BCUT2D eigenvalue weighted by Crippen LogP contribution is 2.54. The predicted molar refractivity (Wildman–Crippen MR) is 147 cm³/mol. The fourth-order valence-electron chi connectivity index (χ4n) is 6.78. The number of ether oxygens (including phenoxy) is 1. The number of phenols is 1. The van der Waals surface area contributed by atoms with E-state index in [1.54, 1.807) is 14.1 Å². The number of primary amides is 1. The molecule has 0 aromatic heterocycles. The van der Waals surface area contributed by atoms with E-state index >= 15 is 0 Å². The van der Waals surface area contributed by atoms with E-state index in [0.717, 1.165) is 18.5 Å². The molecule has 1 saturated carbocycles. The van der Waals surface area contributed by atoms with Crippen molar-refractivity contribution >= 4 is 23.2 Å². The van der Waals surface area contributed by atoms with Gasteiger partial charge in [-0.15, -0.1) is 0 Å². The largest absolute Gasteiger partial charge is 0.508 e. The number of aliphatic hydroxyl groups excluding tert-OH is 2. The van der Waals surface area contributed by atoms with Crippen molar-refractivity contribution in [3.05, 3.63) is 39.7 Å². The summed E-state index contributed by atoms with van der Waals surface area (Å²) in [4.78, 5) is 43.0. The van der Waals surface area contributed by atoms with Gasteiger partial charge >= 0.3 is 0 Å². The summed E-state index contributed by atoms with van der Waals surface area (Å²) in [6.45, 7) is 7.52. The summed E-state index contributed by atoms with van der Waals surface area (Å²) >= 11 is 0. The number of Topliss-reactive ketones (excluding diaryl/α,β-unsaturated/α-hetero) is 2. The molecule has 0 heterocycles. The number of aliphatic hydroxyl groups is 3. The van der Waals surface area contributed by atoms with Gasteiger partial charge in [0.05, 0.1) is 18.7 Å². The molecule has 1 aromatic rings. The number of amides is 1. The zero-order chi connectivity index (χ0) is 29.8. The van der Waals surface area contributed by atoms with Crippen LogP contribution in [-0.4, -0.2) is 93.1 Å². The Bertz CT molecular complexity index is 1330. The maximum absolute atomic E-state index is 14.0. The van der Waals surface area contributed by atoms with Gasteiger partial charge in [-0.2, -0.15) is 0 Å². The molecule has 1 unspecified atom stereocenters. The standard InChI is InChI=1S/C29H39N3O8/c1-7-13(3)32(8-2)12-15-11-18(33)20-16(25(15)40-6)9-14-10-17-22(31(4)5)24(35)21(28(30)38)27(37)29(17,39)26(36)19(14)23(20)34/h11,13-14,17,22,33-34,37,39H,7-10,12H2,1-6H3,(H2,30,38)/t13?,14-,17-,22-,29-/m0/s1. The van der Waals surface area contributed by atoms with Crippen LogP contribution in [0.1, 0.15) is 50.3 Å². The molecule has 3 aliphatic carbocycles. The highest BCUT2D eigenvalue weighted by atomic mass is 16.5. The minimum atomic E-state index is -2.66. The van der Waals surface area contributed by atoms with Crippen molar-refractivity contribution in [3.63, 3.8) is 0 Å². The molecule has 0 radical (unpaired) electrons. The lowest BCUT2D eigenvalue weighted by molar-refractivity contribution is -0.153. The van der Waals surface area contributed by atoms with Crippen LogP contribution in [0.15, 0.2) is 23.0 Å². The van der Waals surface area contributed by atoms with Gasteiger partial charge in [0.2, 0.25) is 5.78 Å². The number of nitrogens with zero attached hydrogens (tertiary/aromatic N) is 2. The molecule has 0 saturated heterocycles. The highest BCUT2D eigenvalue weighted by molar-refractivity contribution is 6.24. The number of rotatable bonds is 8. The molecule has 11 heteroatoms. The monoisotopic (exact) mass is 557 g/mol. The van der Waals surface area contributed by atoms with Crippen LogP contribution >= 0.6 is 0 Å². The number of likely N-dealkylation sites (N-methyl/N-ethyl adjacent to an activating group) is 1. The van der Waals surface area contributed by atoms with Crippen LogP contribution in [0.4, 0.5) is 0 Å². The van der Waals surface area contributed by atoms with E-state index in [-0.39, 0.29) is 35.8 Å². The van der Waals surface area contributed by atoms with Crippen LogP contribution in [0.3, 0.4) is 0 Å². The number of hydrogen-bond acceptors (Lipinski definition) is 10. The van der Waals surface area contributed by atoms with Gasteiger partial charge in [-0.05, 0) is 58.8 Å². The molecule has 1 amide bonds. The topological polar surface area (TPSA) is 174 Å². The molecule has 3 aliphatic rings. The first-order chi connectivity index (χ1) is 18.8. The van der Waals surface area contributed by atoms with Crippen molar-refractivity contribution in [2.45, 2.75) is 64.3 Å². The van der Waals surface area contributed by atoms with Crippen molar-refractivity contribution in [3.8, 4) is 11.5 Å². The Kier molecular flexibility index (Phi) is 7.78. The molecule has 5 atom stereocenters. The van der Waals surface area contributed by atoms with Crippen LogP contribution in [-0.2, 0) is 27.3 Å². The molecule has 1 fully saturated rings. The fourth-order valence-corrected chi connectivity index (χ4v) is 6.78. The molecule has 1 aromatic carbocycles. The number of fused-ring (bicyclic) bond motifs is 3. The lowest BCUT2D eigenvalue weighted by Crippen LogP contribution is -2.65. The summed E-state index contributed by atoms with van der Waals surface area (Å²) in [5, 5.41) is 45.2. The number of hydrogen-bond donors (Lipinski definition) is 5. The fraction of sp³-hybridized carbons (Fsp3) is 0.552. The Morgan fingerprint density at radius 1 is 1.23 bits per heavy atom. The first kappa shape index (κ1) is 29.6. The maximum atomic E-state index is 14.0. The normalized spacial score (nSPS) is 27.1. The molecule has 0 aliphatic heterocycles. The molecule has 0 bridgehead atoms. The van der Waals surface area contributed by atoms with Gasteiger partial charge in [0.15, 0.2) is 11.4 Å². The van der Waals surface area contributed by atoms with Gasteiger partial charge in [-0.1, -0.05) is 13.8 Å². The summed E-state index contributed by atoms with van der Waals surface area (Å²) in [5.41, 5.74) is 2.94. The van der Waals surface area contributed by atoms with E-state index in [1.807, 2.05) is 6.92 Å². The zero-order valence-corrected chi connectivity index (χ0v) is 23.8. The van der Waals surface area contributed by atoms with Gasteiger partial charge in [-0.25, -0.2) is 0 Å². The summed E-state index contributed by atoms with van der Waals surface area (Å²) in [5.74, 6) is -6.29. The Morgan fingerprint density at radius 2 is 1.88 bits per heavy atom. The third kappa shape index (κ3) is 4.18. The molecular weight excluding hydrogens is 518 g/mol. The second-order valence-corrected chi connectivity index (χ2v) is 11.2. The lowest BCUT2D eigenvalue weighted by atomic mass is 9.57. The van der Waals surface area contributed by atoms with Crippen molar-refractivity contribution in [1.82, 2.24) is 9.80 Å². The molecule has 0 spiro atoms. The summed E-state index contributed by atoms with van der Waals surface area (Å²) in [6.07, 6.45) is 1.13. The first-order valence-corrected chi connectivity index (χ1v) is 13.6. The van der Waals surface area contributed by atoms with E-state index in [4.69, 9.17) is 10.5 Å². The third-order valence-corrected chi connectivity index (χ3v) is 8.95. The average molecular weight is 558 g/mol. The van der Waals surface area contributed by atoms with Crippen LogP contribution in [0.5, 0.6) is 11.5 Å². The van der Waals surface area contributed by atoms with Crippen molar-refractivity contribution < 1.29 is 39.5 Å². The second-order valence-electron chi connectivity index (χ2n) is 11.2. The van der Waals surface area contributed by atoms with Crippen molar-refractivity contribution in [2.24, 2.45) is 17.6 Å². The number of nitrogens with two attached hydrogens (primary N) is 1. The quantitative estimate of drug-likeness (QED) is 0.295. The SMILES string of the molecule is CCC(C)N(CC)Cc1cc(O)c2c(c1OC)C[C@H]1C[C@H]3[C@H](N(C)C)C(=O)C(C(N)=O)=C(O)[C@@]3(O)C(=O)C1=C2O. The van der Waals surface area contributed by atoms with E-state index < -0.39 is 58.0 Å². The van der Waals surface area contributed by atoms with Gasteiger partial charge in [0.1, 0.15) is 28.6 Å². The van der Waals surface area contributed by atoms with Gasteiger partial charge in [0, 0.05) is 35.2 Å². The third-order valence-electron chi connectivity index (χ3n) is 8.95. The smallest absolute Gasteiger partial charge is 0.255 e. The number of phenolic OH excluding ortho intramolecular Hbond substituents is 1. The summed E-state index contributed by atoms with van der Waals surface area (Å²) in [6, 6.07) is 0.654. The molecule has 11 nitrogen and oxygen atoms in total. The molecule has 4 rings (SSSR count). The number of aromatic hydroxyl groups is 1. The first-order valence-electron chi connectivity index (χ1n) is 13.6. The molecule has 218 valence electrons. The number of carbonyl (C=O) groups excluding carboxylic acids is 3. The van der Waals surface area contributed by atoms with Gasteiger partial charge in [0.25, 0.3) is 5.91 Å². The van der Waals surface area contributed by atoms with Crippen LogP contribution in [0.25, 0.3) is 5.76 Å². The second kappa shape index (κ2) is 10.5. The highest BCUT2D eigenvalue weighted by Gasteiger charge is 2.64. The molecule has 40 heavy (non-hydrogen) atoms. The van der Waals surface area contributed by atoms with Crippen molar-refractivity contribution in [1.29, 1.82) is 0 Å². The average Bonchev–Trinajstić information content (AvgIpc) is 2.88. The van der Waals surface area contributed by atoms with Gasteiger partial charge < -0.3 is 30.9 Å². The Hall–Kier alpha value is -3.41. The number of ketones is 2. The minimum absolute atomic E-state index is 0.0171. The number of methoxy groups -OCH3 is 1. The minimum Gasteiger partial charge on any atom is -0.508 e. The Labute approximate surface area is 233 Å². The molecular formula is C29H39N3O8. The molecule has 6 N–H and O–H groups in total. The van der Waals surface area contributed by atoms with E-state index in [1.165, 1.54) is 18.1 Å². The van der Waals surface area contributed by atoms with Crippen LogP contribution in [0.2, 0.25) is 0 Å². The summed E-state index contributed by atoms with van der Waals surface area (Å²) in [7, 11) is 4.64. The van der Waals surface area contributed by atoms with Crippen LogP contribution in [0, 0.1) is 11.8 Å². The Balaban J connectivity index is 1.91. The van der Waals surface area contributed by atoms with Crippen molar-refractivity contribution in [2.75, 3.05) is 27.7 Å². The van der Waals surface area contributed by atoms with Gasteiger partial charge in [-0.3, -0.25) is 24.2 Å². The van der Waals surface area contributed by atoms with E-state index in [9.17, 15) is 34.8 Å². The number of benzene rings is 1. The van der Waals surface area contributed by atoms with E-state index in [0.29, 0.717) is 17.9 Å². The zero-order valence-electron chi connectivity index (χ0n) is 23.8. The number of carbonyl (C=O) groups is 3.